The highest BCUT2D eigenvalue weighted by molar-refractivity contribution is 6.33. The summed E-state index contributed by atoms with van der Waals surface area (Å²) in [5.74, 6) is 1.91. The molecule has 0 unspecified atom stereocenters. The van der Waals surface area contributed by atoms with Crippen LogP contribution in [-0.2, 0) is 0 Å². The van der Waals surface area contributed by atoms with Crippen LogP contribution in [0.5, 0.6) is 17.2 Å². The normalized spacial score (nSPS) is 10.3. The maximum atomic E-state index is 11.8. The molecule has 0 fully saturated rings. The Morgan fingerprint density at radius 1 is 1.24 bits per heavy atom. The van der Waals surface area contributed by atoms with E-state index in [0.717, 1.165) is 22.2 Å². The Bertz CT molecular complexity index is 1100. The summed E-state index contributed by atoms with van der Waals surface area (Å²) in [6, 6.07) is 12.1. The van der Waals surface area contributed by atoms with Gasteiger partial charge >= 0.3 is 6.03 Å². The van der Waals surface area contributed by atoms with Gasteiger partial charge in [0.25, 0.3) is 0 Å². The van der Waals surface area contributed by atoms with E-state index in [0.29, 0.717) is 22.2 Å². The molecular formula is C21H19ClN4O3. The average Bonchev–Trinajstić information content (AvgIpc) is 2.70. The van der Waals surface area contributed by atoms with E-state index in [1.54, 1.807) is 37.6 Å². The molecule has 0 spiro atoms. The third kappa shape index (κ3) is 4.86. The van der Waals surface area contributed by atoms with Crippen LogP contribution in [0.3, 0.4) is 0 Å². The van der Waals surface area contributed by atoms with E-state index in [1.165, 1.54) is 0 Å². The number of benzene rings is 2. The number of halogens is 1. The van der Waals surface area contributed by atoms with Crippen molar-refractivity contribution in [1.29, 1.82) is 5.26 Å². The highest BCUT2D eigenvalue weighted by Crippen LogP contribution is 2.35. The summed E-state index contributed by atoms with van der Waals surface area (Å²) in [5.41, 5.74) is 2.16. The minimum absolute atomic E-state index is 0.235. The molecule has 0 aliphatic carbocycles. The summed E-state index contributed by atoms with van der Waals surface area (Å²) in [5, 5.41) is 14.9. The monoisotopic (exact) mass is 410 g/mol. The molecule has 2 N–H and O–H groups in total. The number of urea groups is 1. The van der Waals surface area contributed by atoms with Crippen LogP contribution in [0.4, 0.5) is 10.5 Å². The number of hydrogen-bond acceptors (Lipinski definition) is 5. The number of rotatable bonds is 6. The molecule has 148 valence electrons. The van der Waals surface area contributed by atoms with Gasteiger partial charge in [-0.2, -0.15) is 5.26 Å². The van der Waals surface area contributed by atoms with Gasteiger partial charge in [0.05, 0.1) is 35.8 Å². The van der Waals surface area contributed by atoms with Crippen molar-refractivity contribution in [2.45, 2.75) is 13.3 Å². The Hall–Kier alpha value is -3.50. The predicted molar refractivity (Wildman–Crippen MR) is 112 cm³/mol. The molecule has 3 aromatic rings. The van der Waals surface area contributed by atoms with Crippen molar-refractivity contribution in [1.82, 2.24) is 10.3 Å². The molecule has 0 atom stereocenters. The van der Waals surface area contributed by atoms with E-state index in [-0.39, 0.29) is 13.0 Å². The summed E-state index contributed by atoms with van der Waals surface area (Å²) < 4.78 is 11.4. The zero-order chi connectivity index (χ0) is 20.8. The van der Waals surface area contributed by atoms with Crippen LogP contribution in [0.1, 0.15) is 12.0 Å². The first-order chi connectivity index (χ1) is 14.0. The molecular weight excluding hydrogens is 392 g/mol. The predicted octanol–water partition coefficient (Wildman–Crippen LogP) is 5.03. The lowest BCUT2D eigenvalue weighted by Crippen LogP contribution is -2.29. The van der Waals surface area contributed by atoms with Gasteiger partial charge in [0, 0.05) is 30.3 Å². The fraction of sp³-hybridized carbons (Fsp3) is 0.190. The van der Waals surface area contributed by atoms with E-state index in [1.807, 2.05) is 25.1 Å². The van der Waals surface area contributed by atoms with Crippen LogP contribution in [-0.4, -0.2) is 24.7 Å². The van der Waals surface area contributed by atoms with Crippen molar-refractivity contribution in [3.8, 4) is 23.3 Å². The van der Waals surface area contributed by atoms with Gasteiger partial charge in [-0.15, -0.1) is 0 Å². The average molecular weight is 411 g/mol. The number of amides is 2. The third-order valence-corrected chi connectivity index (χ3v) is 4.47. The molecule has 2 aromatic carbocycles. The molecule has 8 heteroatoms. The Labute approximate surface area is 173 Å². The smallest absolute Gasteiger partial charge is 0.319 e. The number of carbonyl (C=O) groups is 1. The lowest BCUT2D eigenvalue weighted by atomic mass is 10.1. The van der Waals surface area contributed by atoms with Crippen molar-refractivity contribution in [2.75, 3.05) is 19.0 Å². The fourth-order valence-electron chi connectivity index (χ4n) is 2.75. The molecule has 0 saturated carbocycles. The van der Waals surface area contributed by atoms with Crippen LogP contribution in [0, 0.1) is 18.3 Å². The molecule has 29 heavy (non-hydrogen) atoms. The van der Waals surface area contributed by atoms with Crippen molar-refractivity contribution in [3.63, 3.8) is 0 Å². The summed E-state index contributed by atoms with van der Waals surface area (Å²) >= 11 is 6.28. The van der Waals surface area contributed by atoms with Gasteiger partial charge < -0.3 is 20.1 Å². The third-order valence-electron chi connectivity index (χ3n) is 4.16. The summed E-state index contributed by atoms with van der Waals surface area (Å²) in [6.45, 7) is 2.22. The van der Waals surface area contributed by atoms with E-state index >= 15 is 0 Å². The highest BCUT2D eigenvalue weighted by Gasteiger charge is 2.11. The van der Waals surface area contributed by atoms with Gasteiger partial charge in [0.2, 0.25) is 0 Å². The molecule has 0 bridgehead atoms. The van der Waals surface area contributed by atoms with Gasteiger partial charge in [-0.05, 0) is 36.8 Å². The quantitative estimate of drug-likeness (QED) is 0.555. The second-order valence-electron chi connectivity index (χ2n) is 6.18. The van der Waals surface area contributed by atoms with Crippen LogP contribution in [0.2, 0.25) is 5.02 Å². The number of pyridine rings is 1. The number of hydrogen-bond donors (Lipinski definition) is 2. The maximum Gasteiger partial charge on any atom is 0.319 e. The SMILES string of the molecule is COc1cc2nccc(Oc3ccc(NC(=O)NCCC#N)c(Cl)c3)c2cc1C. The second kappa shape index (κ2) is 9.13. The molecule has 0 aliphatic heterocycles. The number of ether oxygens (including phenoxy) is 2. The molecule has 1 heterocycles. The number of nitriles is 1. The first-order valence-corrected chi connectivity index (χ1v) is 9.22. The van der Waals surface area contributed by atoms with Gasteiger partial charge in [-0.1, -0.05) is 11.6 Å². The van der Waals surface area contributed by atoms with Crippen molar-refractivity contribution >= 4 is 34.2 Å². The Balaban J connectivity index is 1.79. The number of nitrogens with zero attached hydrogens (tertiary/aromatic N) is 2. The number of methoxy groups -OCH3 is 1. The first kappa shape index (κ1) is 20.2. The van der Waals surface area contributed by atoms with E-state index in [9.17, 15) is 4.79 Å². The Morgan fingerprint density at radius 2 is 2.07 bits per heavy atom. The zero-order valence-electron chi connectivity index (χ0n) is 16.0. The van der Waals surface area contributed by atoms with Crippen LogP contribution in [0.15, 0.2) is 42.6 Å². The minimum atomic E-state index is -0.430. The molecule has 0 radical (unpaired) electrons. The highest BCUT2D eigenvalue weighted by atomic mass is 35.5. The van der Waals surface area contributed by atoms with Crippen molar-refractivity contribution < 1.29 is 14.3 Å². The molecule has 1 aromatic heterocycles. The largest absolute Gasteiger partial charge is 0.496 e. The first-order valence-electron chi connectivity index (χ1n) is 8.84. The van der Waals surface area contributed by atoms with Gasteiger partial charge in [-0.25, -0.2) is 4.79 Å². The van der Waals surface area contributed by atoms with E-state index < -0.39 is 6.03 Å². The lowest BCUT2D eigenvalue weighted by Gasteiger charge is -2.13. The minimum Gasteiger partial charge on any atom is -0.496 e. The number of anilines is 1. The van der Waals surface area contributed by atoms with E-state index in [2.05, 4.69) is 15.6 Å². The number of carbonyl (C=O) groups excluding carboxylic acids is 1. The van der Waals surface area contributed by atoms with Crippen LogP contribution < -0.4 is 20.1 Å². The molecule has 0 aliphatic rings. The summed E-state index contributed by atoms with van der Waals surface area (Å²) in [7, 11) is 1.62. The molecule has 3 rings (SSSR count). The topological polar surface area (TPSA) is 96.3 Å². The number of fused-ring (bicyclic) bond motifs is 1. The Morgan fingerprint density at radius 3 is 2.79 bits per heavy atom. The van der Waals surface area contributed by atoms with E-state index in [4.69, 9.17) is 26.3 Å². The lowest BCUT2D eigenvalue weighted by molar-refractivity contribution is 0.252. The summed E-state index contributed by atoms with van der Waals surface area (Å²) in [6.07, 6.45) is 1.90. The van der Waals surface area contributed by atoms with Crippen LogP contribution >= 0.6 is 11.6 Å². The molecule has 7 nitrogen and oxygen atoms in total. The maximum absolute atomic E-state index is 11.8. The Kier molecular flexibility index (Phi) is 6.37. The van der Waals surface area contributed by atoms with Gasteiger partial charge in [-0.3, -0.25) is 4.98 Å². The molecule has 0 saturated heterocycles. The second-order valence-corrected chi connectivity index (χ2v) is 6.59. The summed E-state index contributed by atoms with van der Waals surface area (Å²) in [4.78, 5) is 16.2. The van der Waals surface area contributed by atoms with Crippen molar-refractivity contribution in [2.24, 2.45) is 0 Å². The molecule has 2 amide bonds. The number of aromatic nitrogens is 1. The fourth-order valence-corrected chi connectivity index (χ4v) is 2.97. The zero-order valence-corrected chi connectivity index (χ0v) is 16.7. The standard InChI is InChI=1S/C21H19ClN4O3/c1-13-10-15-18(12-20(13)28-2)24-9-6-19(15)29-14-4-5-17(16(22)11-14)26-21(27)25-8-3-7-23/h4-6,9-12H,3,8H2,1-2H3,(H2,25,26,27). The number of aryl methyl sites for hydroxylation is 1. The van der Waals surface area contributed by atoms with Crippen molar-refractivity contribution in [3.05, 3.63) is 53.2 Å². The van der Waals surface area contributed by atoms with Gasteiger partial charge in [0.15, 0.2) is 0 Å². The van der Waals surface area contributed by atoms with Gasteiger partial charge in [0.1, 0.15) is 17.2 Å². The van der Waals surface area contributed by atoms with Crippen LogP contribution in [0.25, 0.3) is 10.9 Å². The number of nitrogens with one attached hydrogen (secondary N) is 2.